The Morgan fingerprint density at radius 1 is 1.44 bits per heavy atom. The van der Waals surface area contributed by atoms with Crippen LogP contribution in [-0.4, -0.2) is 32.3 Å². The van der Waals surface area contributed by atoms with Gasteiger partial charge in [0.2, 0.25) is 0 Å². The maximum Gasteiger partial charge on any atom is 0.270 e. The average Bonchev–Trinajstić information content (AvgIpc) is 2.67. The third-order valence-electron chi connectivity index (χ3n) is 2.11. The van der Waals surface area contributed by atoms with E-state index in [1.54, 1.807) is 4.90 Å². The summed E-state index contributed by atoms with van der Waals surface area (Å²) in [5.41, 5.74) is 0.368. The molecule has 0 unspecified atom stereocenters. The van der Waals surface area contributed by atoms with Crippen molar-refractivity contribution in [3.05, 3.63) is 17.0 Å². The van der Waals surface area contributed by atoms with E-state index in [1.807, 2.05) is 13.8 Å². The molecule has 0 saturated heterocycles. The molecule has 1 rings (SSSR count). The molecule has 1 aromatic rings. The normalized spacial score (nSPS) is 11.4. The minimum absolute atomic E-state index is 0.00433. The van der Waals surface area contributed by atoms with Gasteiger partial charge in [-0.05, 0) is 19.9 Å². The van der Waals surface area contributed by atoms with Crippen molar-refractivity contribution in [1.82, 2.24) is 4.90 Å². The van der Waals surface area contributed by atoms with Crippen LogP contribution in [0.4, 0.5) is 0 Å². The number of thiophene rings is 1. The highest BCUT2D eigenvalue weighted by molar-refractivity contribution is 8.15. The van der Waals surface area contributed by atoms with Gasteiger partial charge in [0.1, 0.15) is 4.21 Å². The highest BCUT2D eigenvalue weighted by atomic mass is 35.7. The summed E-state index contributed by atoms with van der Waals surface area (Å²) in [4.78, 5) is 13.5. The van der Waals surface area contributed by atoms with Gasteiger partial charge in [-0.3, -0.25) is 4.79 Å². The third kappa shape index (κ3) is 2.96. The maximum absolute atomic E-state index is 11.8. The van der Waals surface area contributed by atoms with E-state index in [9.17, 15) is 13.2 Å². The molecule has 0 aliphatic carbocycles. The van der Waals surface area contributed by atoms with Crippen LogP contribution in [0.1, 0.15) is 24.2 Å². The largest absolute Gasteiger partial charge is 0.339 e. The Morgan fingerprint density at radius 3 is 2.38 bits per heavy atom. The van der Waals surface area contributed by atoms with Gasteiger partial charge in [-0.25, -0.2) is 8.42 Å². The van der Waals surface area contributed by atoms with Gasteiger partial charge in [0.15, 0.2) is 0 Å². The lowest BCUT2D eigenvalue weighted by Crippen LogP contribution is -2.30. The molecule has 90 valence electrons. The molecule has 0 saturated carbocycles. The molecule has 0 N–H and O–H groups in total. The van der Waals surface area contributed by atoms with Gasteiger partial charge in [-0.1, -0.05) is 0 Å². The molecule has 1 amide bonds. The van der Waals surface area contributed by atoms with Crippen molar-refractivity contribution in [1.29, 1.82) is 0 Å². The van der Waals surface area contributed by atoms with Crippen molar-refractivity contribution in [3.8, 4) is 0 Å². The molecule has 0 aromatic carbocycles. The van der Waals surface area contributed by atoms with Gasteiger partial charge in [0.25, 0.3) is 15.0 Å². The topological polar surface area (TPSA) is 54.5 Å². The van der Waals surface area contributed by atoms with Crippen molar-refractivity contribution < 1.29 is 13.2 Å². The number of rotatable bonds is 4. The summed E-state index contributed by atoms with van der Waals surface area (Å²) >= 11 is 0.956. The number of hydrogen-bond acceptors (Lipinski definition) is 4. The van der Waals surface area contributed by atoms with Crippen molar-refractivity contribution >= 4 is 37.0 Å². The summed E-state index contributed by atoms with van der Waals surface area (Å²) in [6.07, 6.45) is 0. The van der Waals surface area contributed by atoms with E-state index in [-0.39, 0.29) is 10.1 Å². The van der Waals surface area contributed by atoms with Crippen molar-refractivity contribution in [3.63, 3.8) is 0 Å². The van der Waals surface area contributed by atoms with Crippen LogP contribution >= 0.6 is 22.0 Å². The predicted molar refractivity (Wildman–Crippen MR) is 64.6 cm³/mol. The first-order valence-corrected chi connectivity index (χ1v) is 7.91. The molecular formula is C9H12ClNO3S2. The monoisotopic (exact) mass is 281 g/mol. The van der Waals surface area contributed by atoms with Crippen molar-refractivity contribution in [2.45, 2.75) is 18.1 Å². The second kappa shape index (κ2) is 5.16. The number of hydrogen-bond donors (Lipinski definition) is 0. The minimum Gasteiger partial charge on any atom is -0.339 e. The molecule has 0 aliphatic rings. The van der Waals surface area contributed by atoms with E-state index in [1.165, 1.54) is 11.4 Å². The summed E-state index contributed by atoms with van der Waals surface area (Å²) in [5, 5.41) is 1.51. The first kappa shape index (κ1) is 13.5. The molecule has 1 aromatic heterocycles. The van der Waals surface area contributed by atoms with Gasteiger partial charge in [0.05, 0.1) is 5.56 Å². The second-order valence-electron chi connectivity index (χ2n) is 3.07. The van der Waals surface area contributed by atoms with E-state index in [2.05, 4.69) is 0 Å². The van der Waals surface area contributed by atoms with Gasteiger partial charge in [-0.15, -0.1) is 11.3 Å². The predicted octanol–water partition coefficient (Wildman–Crippen LogP) is 2.16. The van der Waals surface area contributed by atoms with Crippen molar-refractivity contribution in [2.24, 2.45) is 0 Å². The quantitative estimate of drug-likeness (QED) is 0.795. The SMILES string of the molecule is CCN(CC)C(=O)c1csc(S(=O)(=O)Cl)c1. The Balaban J connectivity index is 2.99. The fourth-order valence-electron chi connectivity index (χ4n) is 1.25. The summed E-state index contributed by atoms with van der Waals surface area (Å²) in [6.45, 7) is 4.92. The molecule has 0 spiro atoms. The van der Waals surface area contributed by atoms with E-state index >= 15 is 0 Å². The fourth-order valence-corrected chi connectivity index (χ4v) is 3.19. The van der Waals surface area contributed by atoms with Gasteiger partial charge < -0.3 is 4.90 Å². The summed E-state index contributed by atoms with van der Waals surface area (Å²) in [5.74, 6) is -0.173. The molecular weight excluding hydrogens is 270 g/mol. The molecule has 16 heavy (non-hydrogen) atoms. The molecule has 0 radical (unpaired) electrons. The first-order chi connectivity index (χ1) is 7.40. The summed E-state index contributed by atoms with van der Waals surface area (Å²) in [7, 11) is 1.45. The van der Waals surface area contributed by atoms with Crippen LogP contribution in [0, 0.1) is 0 Å². The molecule has 0 atom stereocenters. The summed E-state index contributed by atoms with van der Waals surface area (Å²) < 4.78 is 22.1. The molecule has 4 nitrogen and oxygen atoms in total. The number of carbonyl (C=O) groups excluding carboxylic acids is 1. The summed E-state index contributed by atoms with van der Waals surface area (Å²) in [6, 6.07) is 1.31. The molecule has 0 bridgehead atoms. The third-order valence-corrected chi connectivity index (χ3v) is 5.15. The first-order valence-electron chi connectivity index (χ1n) is 4.72. The zero-order valence-electron chi connectivity index (χ0n) is 8.94. The van der Waals surface area contributed by atoms with Crippen LogP contribution < -0.4 is 0 Å². The van der Waals surface area contributed by atoms with Crippen LogP contribution in [0.25, 0.3) is 0 Å². The molecule has 1 heterocycles. The van der Waals surface area contributed by atoms with Crippen molar-refractivity contribution in [2.75, 3.05) is 13.1 Å². The lowest BCUT2D eigenvalue weighted by Gasteiger charge is -2.17. The number of amides is 1. The lowest BCUT2D eigenvalue weighted by atomic mass is 10.3. The molecule has 7 heteroatoms. The van der Waals surface area contributed by atoms with Gasteiger partial charge in [-0.2, -0.15) is 0 Å². The van der Waals surface area contributed by atoms with Gasteiger partial charge in [0, 0.05) is 29.2 Å². The molecule has 0 fully saturated rings. The van der Waals surface area contributed by atoms with Crippen LogP contribution in [0.15, 0.2) is 15.7 Å². The highest BCUT2D eigenvalue weighted by Gasteiger charge is 2.18. The lowest BCUT2D eigenvalue weighted by molar-refractivity contribution is 0.0773. The van der Waals surface area contributed by atoms with Crippen LogP contribution in [0.3, 0.4) is 0 Å². The number of halogens is 1. The van der Waals surface area contributed by atoms with Crippen LogP contribution in [-0.2, 0) is 9.05 Å². The van der Waals surface area contributed by atoms with E-state index in [4.69, 9.17) is 10.7 Å². The zero-order chi connectivity index (χ0) is 12.3. The Morgan fingerprint density at radius 2 is 2.00 bits per heavy atom. The van der Waals surface area contributed by atoms with Crippen LogP contribution in [0.5, 0.6) is 0 Å². The number of carbonyl (C=O) groups is 1. The Kier molecular flexibility index (Phi) is 4.35. The maximum atomic E-state index is 11.8. The standard InChI is InChI=1S/C9H12ClNO3S2/c1-3-11(4-2)9(12)7-5-8(15-6-7)16(10,13)14/h5-6H,3-4H2,1-2H3. The van der Waals surface area contributed by atoms with E-state index < -0.39 is 9.05 Å². The second-order valence-corrected chi connectivity index (χ2v) is 6.77. The van der Waals surface area contributed by atoms with Gasteiger partial charge >= 0.3 is 0 Å². The average molecular weight is 282 g/mol. The smallest absolute Gasteiger partial charge is 0.270 e. The minimum atomic E-state index is -3.73. The molecule has 0 aliphatic heterocycles. The fraction of sp³-hybridized carbons (Fsp3) is 0.444. The Hall–Kier alpha value is -0.590. The Bertz CT molecular complexity index is 477. The zero-order valence-corrected chi connectivity index (χ0v) is 11.3. The Labute approximate surface area is 103 Å². The number of nitrogens with zero attached hydrogens (tertiary/aromatic N) is 1. The van der Waals surface area contributed by atoms with Crippen LogP contribution in [0.2, 0.25) is 0 Å². The highest BCUT2D eigenvalue weighted by Crippen LogP contribution is 2.24. The van der Waals surface area contributed by atoms with E-state index in [0.29, 0.717) is 18.7 Å². The van der Waals surface area contributed by atoms with E-state index in [0.717, 1.165) is 11.3 Å².